The number of rotatable bonds is 7. The van der Waals surface area contributed by atoms with Crippen molar-refractivity contribution in [2.24, 2.45) is 5.22 Å². The lowest BCUT2D eigenvalue weighted by molar-refractivity contribution is -0.137. The highest BCUT2D eigenvalue weighted by Gasteiger charge is 2.33. The molecule has 0 aliphatic carbocycles. The van der Waals surface area contributed by atoms with E-state index < -0.39 is 17.9 Å². The highest BCUT2D eigenvalue weighted by molar-refractivity contribution is 5.96. The molecule has 1 amide bonds. The van der Waals surface area contributed by atoms with Gasteiger partial charge in [0.05, 0.1) is 4.91 Å². The largest absolute Gasteiger partial charge is 0.507 e. The number of hydrogen-bond donors (Lipinski definition) is 3. The second kappa shape index (κ2) is 7.76. The fraction of sp³-hybridized carbons (Fsp3) is 0.385. The van der Waals surface area contributed by atoms with Crippen molar-refractivity contribution in [2.75, 3.05) is 0 Å². The summed E-state index contributed by atoms with van der Waals surface area (Å²) in [5.41, 5.74) is 6.84. The highest BCUT2D eigenvalue weighted by Crippen LogP contribution is 2.21. The van der Waals surface area contributed by atoms with Crippen LogP contribution in [0.1, 0.15) is 36.5 Å². The van der Waals surface area contributed by atoms with Crippen LogP contribution in [0.5, 0.6) is 5.75 Å². The summed E-state index contributed by atoms with van der Waals surface area (Å²) >= 11 is 0. The van der Waals surface area contributed by atoms with Crippen molar-refractivity contribution in [2.45, 2.75) is 32.2 Å². The summed E-state index contributed by atoms with van der Waals surface area (Å²) in [6.07, 6.45) is 0.506. The van der Waals surface area contributed by atoms with Gasteiger partial charge in [-0.25, -0.2) is 4.79 Å². The van der Waals surface area contributed by atoms with Crippen LogP contribution in [0.15, 0.2) is 29.5 Å². The van der Waals surface area contributed by atoms with Crippen LogP contribution in [0.25, 0.3) is 0 Å². The number of aliphatic carboxylic acids is 1. The van der Waals surface area contributed by atoms with Gasteiger partial charge in [-0.2, -0.15) is 0 Å². The topological polar surface area (TPSA) is 128 Å². The monoisotopic (exact) mass is 293 g/mol. The first-order valence-electron chi connectivity index (χ1n) is 6.42. The summed E-state index contributed by atoms with van der Waals surface area (Å²) in [4.78, 5) is 25.9. The minimum atomic E-state index is -0.980. The molecule has 0 heterocycles. The van der Waals surface area contributed by atoms with E-state index in [9.17, 15) is 14.7 Å². The van der Waals surface area contributed by atoms with Crippen LogP contribution in [0.2, 0.25) is 0 Å². The lowest BCUT2D eigenvalue weighted by Gasteiger charge is -2.16. The number of phenols is 1. The molecule has 1 rings (SSSR count). The molecule has 112 valence electrons. The third kappa shape index (κ3) is 4.39. The van der Waals surface area contributed by atoms with Crippen molar-refractivity contribution in [3.63, 3.8) is 0 Å². The van der Waals surface area contributed by atoms with E-state index in [0.717, 1.165) is 5.01 Å². The van der Waals surface area contributed by atoms with Crippen LogP contribution in [-0.2, 0) is 4.79 Å². The van der Waals surface area contributed by atoms with Gasteiger partial charge < -0.3 is 10.2 Å². The second-order valence-electron chi connectivity index (χ2n) is 4.35. The van der Waals surface area contributed by atoms with Crippen LogP contribution < -0.4 is 4.91 Å². The SMILES string of the molecule is CCC(CCC(=O)O)N(N=[N+]=N)C(=O)c1ccccc1O. The van der Waals surface area contributed by atoms with E-state index in [4.69, 9.17) is 10.6 Å². The van der Waals surface area contributed by atoms with Crippen molar-refractivity contribution >= 4 is 11.9 Å². The molecule has 0 radical (unpaired) electrons. The number of carbonyl (C=O) groups is 2. The smallest absolute Gasteiger partial charge is 0.366 e. The van der Waals surface area contributed by atoms with E-state index in [1.165, 1.54) is 12.1 Å². The normalized spacial score (nSPS) is 11.3. The molecule has 0 fully saturated rings. The quantitative estimate of drug-likeness (QED) is 0.403. The number of carbonyl (C=O) groups excluding carboxylic acids is 1. The zero-order valence-corrected chi connectivity index (χ0v) is 11.6. The van der Waals surface area contributed by atoms with E-state index in [1.54, 1.807) is 19.1 Å². The van der Waals surface area contributed by atoms with Crippen LogP contribution in [0.3, 0.4) is 0 Å². The Morgan fingerprint density at radius 3 is 2.62 bits per heavy atom. The van der Waals surface area contributed by atoms with Crippen molar-refractivity contribution < 1.29 is 19.8 Å². The Morgan fingerprint density at radius 2 is 2.10 bits per heavy atom. The molecular weight excluding hydrogens is 276 g/mol. The van der Waals surface area contributed by atoms with Gasteiger partial charge in [0.2, 0.25) is 5.22 Å². The van der Waals surface area contributed by atoms with Gasteiger partial charge in [-0.15, -0.1) is 0 Å². The average Bonchev–Trinajstić information content (AvgIpc) is 2.46. The molecule has 8 heteroatoms. The minimum Gasteiger partial charge on any atom is -0.507 e. The number of carboxylic acid groups (broad SMARTS) is 1. The third-order valence-electron chi connectivity index (χ3n) is 2.99. The zero-order valence-electron chi connectivity index (χ0n) is 11.6. The van der Waals surface area contributed by atoms with Crippen LogP contribution in [0, 0.1) is 5.53 Å². The molecule has 0 saturated heterocycles. The molecule has 0 spiro atoms. The van der Waals surface area contributed by atoms with E-state index in [1.807, 2.05) is 0 Å². The number of hydrogen-bond acceptors (Lipinski definition) is 5. The van der Waals surface area contributed by atoms with Crippen LogP contribution >= 0.6 is 0 Å². The molecule has 0 saturated carbocycles. The van der Waals surface area contributed by atoms with Crippen LogP contribution in [0.4, 0.5) is 0 Å². The first-order valence-corrected chi connectivity index (χ1v) is 6.42. The molecule has 1 atom stereocenters. The average molecular weight is 293 g/mol. The Hall–Kier alpha value is -2.73. The van der Waals surface area contributed by atoms with E-state index >= 15 is 0 Å². The fourth-order valence-electron chi connectivity index (χ4n) is 1.89. The highest BCUT2D eigenvalue weighted by atomic mass is 16.4. The summed E-state index contributed by atoms with van der Waals surface area (Å²) in [7, 11) is 0. The van der Waals surface area contributed by atoms with Crippen molar-refractivity contribution in [1.82, 2.24) is 9.92 Å². The molecule has 0 aliphatic rings. The Bertz CT molecular complexity index is 569. The lowest BCUT2D eigenvalue weighted by atomic mass is 10.1. The number of nitrogens with zero attached hydrogens (tertiary/aromatic N) is 3. The molecule has 1 unspecified atom stereocenters. The lowest BCUT2D eigenvalue weighted by Crippen LogP contribution is -2.36. The Morgan fingerprint density at radius 1 is 1.43 bits per heavy atom. The maximum atomic E-state index is 12.4. The third-order valence-corrected chi connectivity index (χ3v) is 2.99. The van der Waals surface area contributed by atoms with E-state index in [2.05, 4.69) is 10.1 Å². The predicted octanol–water partition coefficient (Wildman–Crippen LogP) is 1.94. The number of para-hydroxylation sites is 1. The van der Waals surface area contributed by atoms with Gasteiger partial charge in [-0.05, 0) is 24.1 Å². The summed E-state index contributed by atoms with van der Waals surface area (Å²) in [5.74, 6) is -1.81. The van der Waals surface area contributed by atoms with E-state index in [0.29, 0.717) is 6.42 Å². The number of phenolic OH excluding ortho intramolecular Hbond substituents is 1. The van der Waals surface area contributed by atoms with Gasteiger partial charge in [-0.3, -0.25) is 4.79 Å². The van der Waals surface area contributed by atoms with Gasteiger partial charge in [0, 0.05) is 12.8 Å². The fourth-order valence-corrected chi connectivity index (χ4v) is 1.89. The Balaban J connectivity index is 3.04. The molecule has 1 aromatic carbocycles. The Labute approximate surface area is 121 Å². The maximum Gasteiger partial charge on any atom is 0.366 e. The Kier molecular flexibility index (Phi) is 6.03. The van der Waals surface area contributed by atoms with Crippen LogP contribution in [-0.4, -0.2) is 33.1 Å². The molecule has 3 N–H and O–H groups in total. The molecule has 1 aromatic rings. The maximum absolute atomic E-state index is 12.4. The minimum absolute atomic E-state index is 0.0266. The van der Waals surface area contributed by atoms with E-state index in [-0.39, 0.29) is 24.2 Å². The summed E-state index contributed by atoms with van der Waals surface area (Å²) < 4.78 is 0. The van der Waals surface area contributed by atoms with Gasteiger partial charge >= 0.3 is 11.9 Å². The van der Waals surface area contributed by atoms with Gasteiger partial charge in [-0.1, -0.05) is 24.1 Å². The first kappa shape index (κ1) is 16.3. The molecule has 8 nitrogen and oxygen atoms in total. The number of aromatic hydroxyl groups is 1. The summed E-state index contributed by atoms with van der Waals surface area (Å²) in [5, 5.41) is 22.9. The van der Waals surface area contributed by atoms with Crippen molar-refractivity contribution in [3.8, 4) is 5.75 Å². The van der Waals surface area contributed by atoms with Gasteiger partial charge in [0.15, 0.2) is 0 Å². The van der Waals surface area contributed by atoms with Gasteiger partial charge in [0.1, 0.15) is 17.4 Å². The number of nitrogens with one attached hydrogen (secondary N) is 1. The molecule has 21 heavy (non-hydrogen) atoms. The molecule has 0 bridgehead atoms. The standard InChI is InChI=1S/C13H16N4O4/c1-2-9(7-8-12(19)20)17(16-15-14)13(21)10-5-3-4-6-11(10)18/h3-6,9,14H,2,7-8H2,1H3,(H-,18,19,20,21)/p+1. The second-order valence-corrected chi connectivity index (χ2v) is 4.35. The van der Waals surface area contributed by atoms with Crippen molar-refractivity contribution in [3.05, 3.63) is 29.8 Å². The number of benzene rings is 1. The zero-order chi connectivity index (χ0) is 15.8. The molecular formula is C13H17N4O4+. The van der Waals surface area contributed by atoms with Crippen molar-refractivity contribution in [1.29, 1.82) is 5.53 Å². The number of amides is 1. The summed E-state index contributed by atoms with van der Waals surface area (Å²) in [6.45, 7) is 1.77. The predicted molar refractivity (Wildman–Crippen MR) is 72.5 cm³/mol. The number of carboxylic acids is 1. The van der Waals surface area contributed by atoms with Gasteiger partial charge in [0.25, 0.3) is 0 Å². The summed E-state index contributed by atoms with van der Waals surface area (Å²) in [6, 6.07) is 5.43. The molecule has 0 aliphatic heterocycles. The first-order chi connectivity index (χ1) is 10.0. The molecule has 0 aromatic heterocycles.